The van der Waals surface area contributed by atoms with Gasteiger partial charge < -0.3 is 20.3 Å². The molecule has 1 aromatic carbocycles. The van der Waals surface area contributed by atoms with Crippen molar-refractivity contribution in [1.82, 2.24) is 9.88 Å². The summed E-state index contributed by atoms with van der Waals surface area (Å²) in [4.78, 5) is 12.8. The number of alkyl halides is 2. The van der Waals surface area contributed by atoms with E-state index in [0.29, 0.717) is 11.5 Å². The minimum absolute atomic E-state index is 0. The van der Waals surface area contributed by atoms with Crippen molar-refractivity contribution in [3.05, 3.63) is 41.4 Å². The average Bonchev–Trinajstić information content (AvgIpc) is 3.15. The van der Waals surface area contributed by atoms with Gasteiger partial charge in [-0.3, -0.25) is 0 Å². The number of nitrogens with two attached hydrogens (primary N) is 1. The van der Waals surface area contributed by atoms with E-state index in [1.54, 1.807) is 35.7 Å². The van der Waals surface area contributed by atoms with E-state index in [-0.39, 0.29) is 36.3 Å². The summed E-state index contributed by atoms with van der Waals surface area (Å²) in [7, 11) is 0. The normalized spacial score (nSPS) is 15.1. The van der Waals surface area contributed by atoms with Crippen LogP contribution in [0.5, 0.6) is 5.75 Å². The Bertz CT molecular complexity index is 708. The van der Waals surface area contributed by atoms with Crippen molar-refractivity contribution in [2.24, 2.45) is 10.7 Å². The van der Waals surface area contributed by atoms with E-state index < -0.39 is 6.61 Å². The molecule has 1 fully saturated rings. The molecule has 1 aromatic heterocycles. The number of nitrogens with zero attached hydrogens (tertiary/aromatic N) is 4. The molecule has 10 heteroatoms. The predicted octanol–water partition coefficient (Wildman–Crippen LogP) is 3.00. The molecule has 2 aromatic rings. The van der Waals surface area contributed by atoms with Crippen LogP contribution in [0.15, 0.2) is 40.8 Å². The lowest BCUT2D eigenvalue weighted by Crippen LogP contribution is -2.51. The standard InChI is InChI=1S/C16H19F2N5OS.HI/c17-14(18)24-13-4-2-1-3-12(13)11-21-15(19)22-6-8-23(9-7-22)16-20-5-10-25-16;/h1-5,10,14H,6-9,11H2,(H2,19,21);1H. The topological polar surface area (TPSA) is 67.0 Å². The minimum Gasteiger partial charge on any atom is -0.434 e. The number of para-hydroxylation sites is 1. The van der Waals surface area contributed by atoms with Crippen LogP contribution < -0.4 is 15.4 Å². The maximum Gasteiger partial charge on any atom is 0.387 e. The first-order valence-electron chi connectivity index (χ1n) is 7.85. The van der Waals surface area contributed by atoms with Gasteiger partial charge in [0.25, 0.3) is 0 Å². The number of guanidine groups is 1. The van der Waals surface area contributed by atoms with Crippen LogP contribution in [-0.4, -0.2) is 48.6 Å². The van der Waals surface area contributed by atoms with Gasteiger partial charge in [-0.1, -0.05) is 18.2 Å². The van der Waals surface area contributed by atoms with Crippen molar-refractivity contribution in [2.75, 3.05) is 31.1 Å². The van der Waals surface area contributed by atoms with Gasteiger partial charge in [-0.25, -0.2) is 9.98 Å². The number of anilines is 1. The largest absolute Gasteiger partial charge is 0.434 e. The first-order chi connectivity index (χ1) is 12.1. The number of rotatable bonds is 5. The molecule has 2 N–H and O–H groups in total. The van der Waals surface area contributed by atoms with Gasteiger partial charge in [0.2, 0.25) is 0 Å². The van der Waals surface area contributed by atoms with Crippen molar-refractivity contribution in [1.29, 1.82) is 0 Å². The molecule has 2 heterocycles. The van der Waals surface area contributed by atoms with Gasteiger partial charge in [0.15, 0.2) is 11.1 Å². The lowest BCUT2D eigenvalue weighted by Gasteiger charge is -2.35. The maximum absolute atomic E-state index is 12.4. The Labute approximate surface area is 171 Å². The lowest BCUT2D eigenvalue weighted by atomic mass is 10.2. The van der Waals surface area contributed by atoms with E-state index in [1.807, 2.05) is 10.3 Å². The van der Waals surface area contributed by atoms with Crippen molar-refractivity contribution < 1.29 is 13.5 Å². The van der Waals surface area contributed by atoms with E-state index >= 15 is 0 Å². The third-order valence-electron chi connectivity index (χ3n) is 3.89. The van der Waals surface area contributed by atoms with E-state index in [2.05, 4.69) is 19.6 Å². The second-order valence-electron chi connectivity index (χ2n) is 5.45. The summed E-state index contributed by atoms with van der Waals surface area (Å²) >= 11 is 1.61. The monoisotopic (exact) mass is 495 g/mol. The fraction of sp³-hybridized carbons (Fsp3) is 0.375. The van der Waals surface area contributed by atoms with Crippen LogP contribution in [0.1, 0.15) is 5.56 Å². The van der Waals surface area contributed by atoms with E-state index in [4.69, 9.17) is 5.73 Å². The number of aliphatic imine (C=N–C) groups is 1. The quantitative estimate of drug-likeness (QED) is 0.393. The maximum atomic E-state index is 12.4. The van der Waals surface area contributed by atoms with E-state index in [1.165, 1.54) is 6.07 Å². The molecule has 1 aliphatic rings. The zero-order valence-corrected chi connectivity index (χ0v) is 17.1. The summed E-state index contributed by atoms with van der Waals surface area (Å²) in [5.41, 5.74) is 6.64. The summed E-state index contributed by atoms with van der Waals surface area (Å²) in [6.07, 6.45) is 1.79. The summed E-state index contributed by atoms with van der Waals surface area (Å²) in [5.74, 6) is 0.535. The Morgan fingerprint density at radius 2 is 2.00 bits per heavy atom. The predicted molar refractivity (Wildman–Crippen MR) is 110 cm³/mol. The van der Waals surface area contributed by atoms with Gasteiger partial charge in [0, 0.05) is 43.3 Å². The second kappa shape index (κ2) is 9.86. The number of hydrogen-bond acceptors (Lipinski definition) is 5. The summed E-state index contributed by atoms with van der Waals surface area (Å²) in [5, 5.41) is 2.96. The fourth-order valence-electron chi connectivity index (χ4n) is 2.61. The van der Waals surface area contributed by atoms with Gasteiger partial charge in [-0.05, 0) is 6.07 Å². The molecule has 26 heavy (non-hydrogen) atoms. The number of aromatic nitrogens is 1. The number of halogens is 3. The Hall–Kier alpha value is -1.69. The Morgan fingerprint density at radius 1 is 1.27 bits per heavy atom. The number of thiazole rings is 1. The molecule has 0 amide bonds. The van der Waals surface area contributed by atoms with Crippen LogP contribution >= 0.6 is 35.3 Å². The SMILES string of the molecule is I.NC(=NCc1ccccc1OC(F)F)N1CCN(c2nccs2)CC1. The number of benzene rings is 1. The first kappa shape index (κ1) is 20.6. The highest BCUT2D eigenvalue weighted by molar-refractivity contribution is 14.0. The van der Waals surface area contributed by atoms with Crippen molar-refractivity contribution in [3.63, 3.8) is 0 Å². The molecule has 3 rings (SSSR count). The third-order valence-corrected chi connectivity index (χ3v) is 4.73. The van der Waals surface area contributed by atoms with Crippen molar-refractivity contribution in [2.45, 2.75) is 13.2 Å². The van der Waals surface area contributed by atoms with Gasteiger partial charge in [-0.15, -0.1) is 35.3 Å². The summed E-state index contributed by atoms with van der Waals surface area (Å²) < 4.78 is 29.4. The average molecular weight is 495 g/mol. The highest BCUT2D eigenvalue weighted by Gasteiger charge is 2.20. The molecule has 0 radical (unpaired) electrons. The molecule has 0 unspecified atom stereocenters. The van der Waals surface area contributed by atoms with Gasteiger partial charge in [0.1, 0.15) is 5.75 Å². The Kier molecular flexibility index (Phi) is 7.82. The van der Waals surface area contributed by atoms with Crippen LogP contribution in [0.4, 0.5) is 13.9 Å². The van der Waals surface area contributed by atoms with Crippen LogP contribution in [-0.2, 0) is 6.54 Å². The van der Waals surface area contributed by atoms with Crippen molar-refractivity contribution in [3.8, 4) is 5.75 Å². The zero-order valence-electron chi connectivity index (χ0n) is 13.9. The molecule has 6 nitrogen and oxygen atoms in total. The Balaban J connectivity index is 0.00000243. The molecule has 0 saturated carbocycles. The van der Waals surface area contributed by atoms with Crippen molar-refractivity contribution >= 4 is 46.4 Å². The molecule has 0 bridgehead atoms. The molecule has 1 saturated heterocycles. The molecule has 142 valence electrons. The molecule has 1 aliphatic heterocycles. The fourth-order valence-corrected chi connectivity index (χ4v) is 3.31. The first-order valence-corrected chi connectivity index (χ1v) is 8.73. The van der Waals surface area contributed by atoms with Crippen LogP contribution in [0.25, 0.3) is 0 Å². The Morgan fingerprint density at radius 3 is 2.65 bits per heavy atom. The molecular weight excluding hydrogens is 475 g/mol. The zero-order chi connectivity index (χ0) is 17.6. The van der Waals surface area contributed by atoms with E-state index in [0.717, 1.165) is 31.3 Å². The van der Waals surface area contributed by atoms with Crippen LogP contribution in [0.2, 0.25) is 0 Å². The van der Waals surface area contributed by atoms with Crippen LogP contribution in [0.3, 0.4) is 0 Å². The highest BCUT2D eigenvalue weighted by atomic mass is 127. The number of hydrogen-bond donors (Lipinski definition) is 1. The van der Waals surface area contributed by atoms with Crippen LogP contribution in [0, 0.1) is 0 Å². The van der Waals surface area contributed by atoms with Gasteiger partial charge >= 0.3 is 6.61 Å². The highest BCUT2D eigenvalue weighted by Crippen LogP contribution is 2.21. The minimum atomic E-state index is -2.86. The number of piperazine rings is 1. The number of ether oxygens (including phenoxy) is 1. The molecular formula is C16H20F2IN5OS. The smallest absolute Gasteiger partial charge is 0.387 e. The molecule has 0 atom stereocenters. The third kappa shape index (κ3) is 5.40. The molecule has 0 aliphatic carbocycles. The van der Waals surface area contributed by atoms with Gasteiger partial charge in [0.05, 0.1) is 6.54 Å². The van der Waals surface area contributed by atoms with E-state index in [9.17, 15) is 8.78 Å². The summed E-state index contributed by atoms with van der Waals surface area (Å²) in [6.45, 7) is 0.445. The van der Waals surface area contributed by atoms with Gasteiger partial charge in [-0.2, -0.15) is 8.78 Å². The second-order valence-corrected chi connectivity index (χ2v) is 6.32. The molecule has 0 spiro atoms. The lowest BCUT2D eigenvalue weighted by molar-refractivity contribution is -0.0504. The summed E-state index contributed by atoms with van der Waals surface area (Å²) in [6, 6.07) is 6.60.